The standard InChI is InChI=1S/C15H24O/c1-16-8-3-2-5-11-9-12-10-15(11)14-7-4-6-13(12)14/h5,12-15H,2-4,6-10H2,1H3/b11-5-. The first-order valence-corrected chi connectivity index (χ1v) is 7.08. The van der Waals surface area contributed by atoms with Gasteiger partial charge in [-0.2, -0.15) is 0 Å². The second kappa shape index (κ2) is 4.52. The predicted molar refractivity (Wildman–Crippen MR) is 66.2 cm³/mol. The highest BCUT2D eigenvalue weighted by Gasteiger charge is 2.51. The molecule has 1 heteroatoms. The number of fused-ring (bicyclic) bond motifs is 5. The summed E-state index contributed by atoms with van der Waals surface area (Å²) < 4.78 is 5.11. The molecule has 0 saturated heterocycles. The largest absolute Gasteiger partial charge is 0.385 e. The highest BCUT2D eigenvalue weighted by Crippen LogP contribution is 2.60. The number of rotatable bonds is 4. The van der Waals surface area contributed by atoms with Gasteiger partial charge in [0, 0.05) is 13.7 Å². The SMILES string of the molecule is COCCC/C=C1/CC2CC1C1CCCC21. The first-order valence-electron chi connectivity index (χ1n) is 7.08. The molecule has 3 aliphatic rings. The monoisotopic (exact) mass is 220 g/mol. The lowest BCUT2D eigenvalue weighted by atomic mass is 9.79. The fourth-order valence-electron chi connectivity index (χ4n) is 4.64. The van der Waals surface area contributed by atoms with Crippen LogP contribution in [-0.4, -0.2) is 13.7 Å². The van der Waals surface area contributed by atoms with Crippen LogP contribution >= 0.6 is 0 Å². The summed E-state index contributed by atoms with van der Waals surface area (Å²) in [4.78, 5) is 0. The second-order valence-electron chi connectivity index (χ2n) is 5.98. The fourth-order valence-corrected chi connectivity index (χ4v) is 4.64. The Morgan fingerprint density at radius 1 is 1.31 bits per heavy atom. The lowest BCUT2D eigenvalue weighted by Crippen LogP contribution is -2.18. The molecule has 0 spiro atoms. The molecule has 3 saturated carbocycles. The first-order chi connectivity index (χ1) is 7.90. The first kappa shape index (κ1) is 10.8. The Morgan fingerprint density at radius 2 is 2.19 bits per heavy atom. The summed E-state index contributed by atoms with van der Waals surface area (Å²) in [6.07, 6.45) is 12.6. The van der Waals surface area contributed by atoms with Crippen LogP contribution in [0.4, 0.5) is 0 Å². The van der Waals surface area contributed by atoms with Gasteiger partial charge in [-0.05, 0) is 62.2 Å². The van der Waals surface area contributed by atoms with Gasteiger partial charge in [0.05, 0.1) is 0 Å². The molecule has 4 atom stereocenters. The van der Waals surface area contributed by atoms with Crippen molar-refractivity contribution in [1.29, 1.82) is 0 Å². The fraction of sp³-hybridized carbons (Fsp3) is 0.867. The van der Waals surface area contributed by atoms with Gasteiger partial charge in [0.1, 0.15) is 0 Å². The Balaban J connectivity index is 1.59. The minimum atomic E-state index is 0.921. The highest BCUT2D eigenvalue weighted by atomic mass is 16.5. The maximum absolute atomic E-state index is 5.11. The molecule has 0 aromatic rings. The van der Waals surface area contributed by atoms with Gasteiger partial charge in [-0.3, -0.25) is 0 Å². The van der Waals surface area contributed by atoms with E-state index in [9.17, 15) is 0 Å². The maximum Gasteiger partial charge on any atom is 0.0465 e. The Hall–Kier alpha value is -0.300. The number of methoxy groups -OCH3 is 1. The lowest BCUT2D eigenvalue weighted by molar-refractivity contribution is 0.195. The van der Waals surface area contributed by atoms with Crippen LogP contribution in [0.15, 0.2) is 11.6 Å². The molecule has 90 valence electrons. The zero-order chi connectivity index (χ0) is 11.0. The van der Waals surface area contributed by atoms with E-state index in [2.05, 4.69) is 6.08 Å². The summed E-state index contributed by atoms with van der Waals surface area (Å²) in [5.41, 5.74) is 1.82. The van der Waals surface area contributed by atoms with E-state index in [1.807, 2.05) is 5.57 Å². The zero-order valence-corrected chi connectivity index (χ0v) is 10.5. The quantitative estimate of drug-likeness (QED) is 0.517. The summed E-state index contributed by atoms with van der Waals surface area (Å²) in [6.45, 7) is 0.921. The molecular weight excluding hydrogens is 196 g/mol. The highest BCUT2D eigenvalue weighted by molar-refractivity contribution is 5.21. The Morgan fingerprint density at radius 3 is 3.06 bits per heavy atom. The summed E-state index contributed by atoms with van der Waals surface area (Å²) in [5, 5.41) is 0. The van der Waals surface area contributed by atoms with Crippen LogP contribution in [0, 0.1) is 23.7 Å². The molecule has 0 aromatic carbocycles. The number of hydrogen-bond donors (Lipinski definition) is 0. The van der Waals surface area contributed by atoms with E-state index in [4.69, 9.17) is 4.74 Å². The average molecular weight is 220 g/mol. The van der Waals surface area contributed by atoms with E-state index < -0.39 is 0 Å². The van der Waals surface area contributed by atoms with Gasteiger partial charge < -0.3 is 4.74 Å². The van der Waals surface area contributed by atoms with E-state index in [0.29, 0.717) is 0 Å². The van der Waals surface area contributed by atoms with Crippen molar-refractivity contribution >= 4 is 0 Å². The second-order valence-corrected chi connectivity index (χ2v) is 5.98. The molecule has 3 rings (SSSR count). The molecule has 1 nitrogen and oxygen atoms in total. The topological polar surface area (TPSA) is 9.23 Å². The molecule has 3 fully saturated rings. The van der Waals surface area contributed by atoms with Crippen molar-refractivity contribution in [2.45, 2.75) is 44.9 Å². The van der Waals surface area contributed by atoms with Gasteiger partial charge in [-0.25, -0.2) is 0 Å². The third-order valence-corrected chi connectivity index (χ3v) is 5.24. The van der Waals surface area contributed by atoms with Crippen LogP contribution in [0.3, 0.4) is 0 Å². The van der Waals surface area contributed by atoms with Crippen molar-refractivity contribution < 1.29 is 4.74 Å². The zero-order valence-electron chi connectivity index (χ0n) is 10.5. The molecule has 0 radical (unpaired) electrons. The van der Waals surface area contributed by atoms with E-state index in [-0.39, 0.29) is 0 Å². The van der Waals surface area contributed by atoms with Crippen molar-refractivity contribution in [3.63, 3.8) is 0 Å². The normalized spacial score (nSPS) is 43.2. The third-order valence-electron chi connectivity index (χ3n) is 5.24. The minimum Gasteiger partial charge on any atom is -0.385 e. The summed E-state index contributed by atoms with van der Waals surface area (Å²) in [5.74, 6) is 4.29. The average Bonchev–Trinajstić information content (AvgIpc) is 2.95. The third kappa shape index (κ3) is 1.73. The van der Waals surface area contributed by atoms with Gasteiger partial charge >= 0.3 is 0 Å². The maximum atomic E-state index is 5.11. The van der Waals surface area contributed by atoms with Gasteiger partial charge in [0.2, 0.25) is 0 Å². The van der Waals surface area contributed by atoms with Crippen molar-refractivity contribution in [3.05, 3.63) is 11.6 Å². The number of ether oxygens (including phenoxy) is 1. The van der Waals surface area contributed by atoms with Crippen LogP contribution in [0.5, 0.6) is 0 Å². The van der Waals surface area contributed by atoms with Crippen molar-refractivity contribution in [1.82, 2.24) is 0 Å². The van der Waals surface area contributed by atoms with Crippen molar-refractivity contribution in [2.24, 2.45) is 23.7 Å². The molecule has 0 N–H and O–H groups in total. The van der Waals surface area contributed by atoms with E-state index in [1.165, 1.54) is 38.5 Å². The van der Waals surface area contributed by atoms with E-state index >= 15 is 0 Å². The molecule has 0 aromatic heterocycles. The van der Waals surface area contributed by atoms with Crippen LogP contribution in [-0.2, 0) is 4.74 Å². The number of unbranched alkanes of at least 4 members (excludes halogenated alkanes) is 1. The van der Waals surface area contributed by atoms with Gasteiger partial charge in [0.15, 0.2) is 0 Å². The Labute approximate surface area is 99.3 Å². The molecule has 4 unspecified atom stereocenters. The van der Waals surface area contributed by atoms with E-state index in [0.717, 1.165) is 30.3 Å². The predicted octanol–water partition coefficient (Wildman–Crippen LogP) is 3.80. The van der Waals surface area contributed by atoms with Crippen LogP contribution in [0.2, 0.25) is 0 Å². The summed E-state index contributed by atoms with van der Waals surface area (Å²) in [6, 6.07) is 0. The van der Waals surface area contributed by atoms with Gasteiger partial charge in [-0.15, -0.1) is 0 Å². The molecule has 16 heavy (non-hydrogen) atoms. The van der Waals surface area contributed by atoms with Crippen LogP contribution < -0.4 is 0 Å². The van der Waals surface area contributed by atoms with Crippen LogP contribution in [0.1, 0.15) is 44.9 Å². The Kier molecular flexibility index (Phi) is 3.06. The van der Waals surface area contributed by atoms with E-state index in [1.54, 1.807) is 13.5 Å². The summed E-state index contributed by atoms with van der Waals surface area (Å²) in [7, 11) is 1.80. The molecular formula is C15H24O. The smallest absolute Gasteiger partial charge is 0.0465 e. The molecule has 0 amide bonds. The van der Waals surface area contributed by atoms with Crippen LogP contribution in [0.25, 0.3) is 0 Å². The number of allylic oxidation sites excluding steroid dienone is 2. The molecule has 0 heterocycles. The lowest BCUT2D eigenvalue weighted by Gasteiger charge is -2.26. The minimum absolute atomic E-state index is 0.921. The molecule has 2 bridgehead atoms. The van der Waals surface area contributed by atoms with Gasteiger partial charge in [-0.1, -0.05) is 18.1 Å². The molecule has 3 aliphatic carbocycles. The summed E-state index contributed by atoms with van der Waals surface area (Å²) >= 11 is 0. The Bertz CT molecular complexity index is 281. The number of hydrogen-bond acceptors (Lipinski definition) is 1. The van der Waals surface area contributed by atoms with Crippen molar-refractivity contribution in [2.75, 3.05) is 13.7 Å². The van der Waals surface area contributed by atoms with Gasteiger partial charge in [0.25, 0.3) is 0 Å². The molecule has 0 aliphatic heterocycles. The van der Waals surface area contributed by atoms with Crippen molar-refractivity contribution in [3.8, 4) is 0 Å².